The van der Waals surface area contributed by atoms with Gasteiger partial charge in [0.05, 0.1) is 23.8 Å². The molecule has 1 fully saturated rings. The summed E-state index contributed by atoms with van der Waals surface area (Å²) in [6.45, 7) is 3.15. The topological polar surface area (TPSA) is 130 Å². The fraction of sp³-hybridized carbons (Fsp3) is 0.346. The van der Waals surface area contributed by atoms with Gasteiger partial charge < -0.3 is 14.7 Å². The first-order chi connectivity index (χ1) is 18.6. The number of β-amino-alcohol motifs (C(OH)–C–C–N with tert-alkyl or cyclic N) is 1. The van der Waals surface area contributed by atoms with Crippen LogP contribution in [0.2, 0.25) is 0 Å². The maximum atomic E-state index is 14.0. The number of piperidine rings is 1. The number of aromatic nitrogens is 5. The minimum atomic E-state index is -4.77. The van der Waals surface area contributed by atoms with Gasteiger partial charge in [-0.05, 0) is 43.5 Å². The van der Waals surface area contributed by atoms with E-state index in [-0.39, 0.29) is 29.6 Å². The summed E-state index contributed by atoms with van der Waals surface area (Å²) in [6.07, 6.45) is -1.79. The number of likely N-dealkylation sites (tertiary alicyclic amines) is 1. The number of aliphatic carboxylic acids is 1. The number of carboxylic acid groups (broad SMARTS) is 1. The first kappa shape index (κ1) is 26.5. The van der Waals surface area contributed by atoms with Gasteiger partial charge in [0.2, 0.25) is 5.82 Å². The van der Waals surface area contributed by atoms with E-state index < -0.39 is 29.9 Å². The largest absolute Gasteiger partial charge is 0.481 e. The number of halogens is 3. The monoisotopic (exact) mass is 542 g/mol. The van der Waals surface area contributed by atoms with Crippen molar-refractivity contribution in [1.82, 2.24) is 29.8 Å². The first-order valence-corrected chi connectivity index (χ1v) is 12.3. The van der Waals surface area contributed by atoms with Crippen LogP contribution in [0.15, 0.2) is 53.3 Å². The normalized spacial score (nSPS) is 17.3. The Labute approximate surface area is 220 Å². The lowest BCUT2D eigenvalue weighted by Gasteiger charge is -2.32. The fourth-order valence-electron chi connectivity index (χ4n) is 4.61. The molecule has 0 bridgehead atoms. The lowest BCUT2D eigenvalue weighted by Crippen LogP contribution is -2.40. The predicted octanol–water partition coefficient (Wildman–Crippen LogP) is 4.14. The van der Waals surface area contributed by atoms with Gasteiger partial charge in [-0.2, -0.15) is 23.3 Å². The summed E-state index contributed by atoms with van der Waals surface area (Å²) < 4.78 is 48.0. The molecule has 0 amide bonds. The van der Waals surface area contributed by atoms with E-state index >= 15 is 0 Å². The van der Waals surface area contributed by atoms with E-state index in [1.165, 1.54) is 12.3 Å². The Kier molecular flexibility index (Phi) is 7.19. The van der Waals surface area contributed by atoms with Gasteiger partial charge in [0.15, 0.2) is 11.5 Å². The number of aliphatic hydroxyl groups is 1. The van der Waals surface area contributed by atoms with Crippen molar-refractivity contribution in [3.63, 3.8) is 0 Å². The summed E-state index contributed by atoms with van der Waals surface area (Å²) in [5.41, 5.74) is 0.405. The van der Waals surface area contributed by atoms with Crippen LogP contribution in [0, 0.1) is 12.8 Å². The van der Waals surface area contributed by atoms with Gasteiger partial charge in [0, 0.05) is 24.8 Å². The van der Waals surface area contributed by atoms with E-state index in [9.17, 15) is 28.2 Å². The van der Waals surface area contributed by atoms with Crippen LogP contribution in [0.25, 0.3) is 28.7 Å². The number of hydrogen-bond donors (Lipinski definition) is 2. The van der Waals surface area contributed by atoms with Gasteiger partial charge in [-0.3, -0.25) is 9.69 Å². The third-order valence-electron chi connectivity index (χ3n) is 6.65. The summed E-state index contributed by atoms with van der Waals surface area (Å²) in [7, 11) is 0. The second kappa shape index (κ2) is 10.6. The number of alkyl halides is 3. The zero-order valence-electron chi connectivity index (χ0n) is 20.8. The SMILES string of the molecule is Cc1ccc(-n2ncc(-c3nc(-c4ccc([C@H](O)CN5CCC[C@H](C(=O)O)C5)cc4)no3)c2C(F)(F)F)nc1. The average molecular weight is 543 g/mol. The van der Waals surface area contributed by atoms with Crippen LogP contribution >= 0.6 is 0 Å². The minimum Gasteiger partial charge on any atom is -0.481 e. The third kappa shape index (κ3) is 5.68. The average Bonchev–Trinajstić information content (AvgIpc) is 3.57. The lowest BCUT2D eigenvalue weighted by molar-refractivity contribution is -0.144. The van der Waals surface area contributed by atoms with E-state index in [1.54, 1.807) is 37.3 Å². The summed E-state index contributed by atoms with van der Waals surface area (Å²) >= 11 is 0. The highest BCUT2D eigenvalue weighted by atomic mass is 19.4. The number of rotatable bonds is 7. The Morgan fingerprint density at radius 1 is 1.18 bits per heavy atom. The quantitative estimate of drug-likeness (QED) is 0.354. The standard InChI is InChI=1S/C26H25F3N6O4/c1-15-4-9-21(30-11-15)35-22(26(27,28)29)19(12-31-35)24-32-23(33-39-24)17-7-5-16(6-8-17)20(36)14-34-10-2-3-18(13-34)25(37)38/h4-9,11-12,18,20,36H,2-3,10,13-14H2,1H3,(H,37,38)/t18-,20+/m0/s1. The molecule has 5 rings (SSSR count). The van der Waals surface area contributed by atoms with Crippen molar-refractivity contribution in [3.8, 4) is 28.7 Å². The van der Waals surface area contributed by atoms with Crippen LogP contribution in [0.3, 0.4) is 0 Å². The molecule has 1 saturated heterocycles. The molecule has 1 aliphatic heterocycles. The van der Waals surface area contributed by atoms with Crippen LogP contribution in [0.1, 0.15) is 35.8 Å². The molecule has 1 aliphatic rings. The van der Waals surface area contributed by atoms with Crippen molar-refractivity contribution >= 4 is 5.97 Å². The summed E-state index contributed by atoms with van der Waals surface area (Å²) in [5.74, 6) is -1.56. The summed E-state index contributed by atoms with van der Waals surface area (Å²) in [4.78, 5) is 21.4. The van der Waals surface area contributed by atoms with Crippen molar-refractivity contribution < 1.29 is 32.7 Å². The Hall–Kier alpha value is -4.10. The number of benzene rings is 1. The van der Waals surface area contributed by atoms with E-state index in [0.29, 0.717) is 35.3 Å². The number of carbonyl (C=O) groups is 1. The molecule has 10 nitrogen and oxygen atoms in total. The maximum absolute atomic E-state index is 14.0. The Bertz CT molecular complexity index is 1450. The van der Waals surface area contributed by atoms with Gasteiger partial charge in [-0.1, -0.05) is 35.5 Å². The molecule has 0 radical (unpaired) electrons. The van der Waals surface area contributed by atoms with E-state index in [2.05, 4.69) is 20.2 Å². The van der Waals surface area contributed by atoms with Crippen LogP contribution in [0.4, 0.5) is 13.2 Å². The van der Waals surface area contributed by atoms with Crippen molar-refractivity contribution in [2.24, 2.45) is 5.92 Å². The smallest absolute Gasteiger partial charge is 0.434 e. The molecule has 0 aliphatic carbocycles. The van der Waals surface area contributed by atoms with Crippen molar-refractivity contribution in [2.75, 3.05) is 19.6 Å². The van der Waals surface area contributed by atoms with E-state index in [1.807, 2.05) is 4.90 Å². The van der Waals surface area contributed by atoms with Crippen molar-refractivity contribution in [1.29, 1.82) is 0 Å². The number of carboxylic acids is 1. The van der Waals surface area contributed by atoms with Gasteiger partial charge in [-0.25, -0.2) is 9.67 Å². The highest BCUT2D eigenvalue weighted by molar-refractivity contribution is 5.70. The highest BCUT2D eigenvalue weighted by Crippen LogP contribution is 2.38. The van der Waals surface area contributed by atoms with Crippen molar-refractivity contribution in [3.05, 3.63) is 65.6 Å². The zero-order valence-corrected chi connectivity index (χ0v) is 20.8. The Morgan fingerprint density at radius 3 is 2.62 bits per heavy atom. The van der Waals surface area contributed by atoms with Crippen LogP contribution in [-0.4, -0.2) is 65.6 Å². The minimum absolute atomic E-state index is 0.00362. The molecule has 0 spiro atoms. The molecule has 2 N–H and O–H groups in total. The molecule has 3 aromatic heterocycles. The lowest BCUT2D eigenvalue weighted by atomic mass is 9.97. The second-order valence-corrected chi connectivity index (χ2v) is 9.51. The van der Waals surface area contributed by atoms with Gasteiger partial charge in [0.1, 0.15) is 0 Å². The first-order valence-electron chi connectivity index (χ1n) is 12.3. The Balaban J connectivity index is 1.34. The molecule has 13 heteroatoms. The predicted molar refractivity (Wildman–Crippen MR) is 132 cm³/mol. The van der Waals surface area contributed by atoms with Gasteiger partial charge in [-0.15, -0.1) is 0 Å². The molecule has 2 atom stereocenters. The summed E-state index contributed by atoms with van der Waals surface area (Å²) in [5, 5.41) is 27.7. The van der Waals surface area contributed by atoms with E-state index in [0.717, 1.165) is 18.2 Å². The molecule has 4 aromatic rings. The fourth-order valence-corrected chi connectivity index (χ4v) is 4.61. The Morgan fingerprint density at radius 2 is 1.95 bits per heavy atom. The zero-order chi connectivity index (χ0) is 27.7. The maximum Gasteiger partial charge on any atom is 0.434 e. The van der Waals surface area contributed by atoms with E-state index in [4.69, 9.17) is 4.52 Å². The summed E-state index contributed by atoms with van der Waals surface area (Å²) in [6, 6.07) is 9.66. The van der Waals surface area contributed by atoms with Gasteiger partial charge >= 0.3 is 12.1 Å². The molecule has 0 saturated carbocycles. The highest BCUT2D eigenvalue weighted by Gasteiger charge is 2.41. The molecular weight excluding hydrogens is 517 g/mol. The number of nitrogens with zero attached hydrogens (tertiary/aromatic N) is 6. The van der Waals surface area contributed by atoms with Crippen LogP contribution in [-0.2, 0) is 11.0 Å². The number of pyridine rings is 1. The van der Waals surface area contributed by atoms with Crippen LogP contribution < -0.4 is 0 Å². The van der Waals surface area contributed by atoms with Gasteiger partial charge in [0.25, 0.3) is 5.89 Å². The van der Waals surface area contributed by atoms with Crippen molar-refractivity contribution in [2.45, 2.75) is 32.0 Å². The molecule has 204 valence electrons. The third-order valence-corrected chi connectivity index (χ3v) is 6.65. The molecular formula is C26H25F3N6O4. The number of hydrogen-bond acceptors (Lipinski definition) is 8. The van der Waals surface area contributed by atoms with Crippen LogP contribution in [0.5, 0.6) is 0 Å². The number of aliphatic hydroxyl groups excluding tert-OH is 1. The number of aryl methyl sites for hydroxylation is 1. The molecule has 4 heterocycles. The molecule has 0 unspecified atom stereocenters. The molecule has 39 heavy (non-hydrogen) atoms. The second-order valence-electron chi connectivity index (χ2n) is 9.51. The molecule has 1 aromatic carbocycles.